The monoisotopic (exact) mass is 320 g/mol. The largest absolute Gasteiger partial charge is 0.390 e. The first-order chi connectivity index (χ1) is 7.71. The van der Waals surface area contributed by atoms with Crippen molar-refractivity contribution in [2.75, 3.05) is 0 Å². The molecule has 1 aromatic carbocycles. The number of hydrogen-bond donors (Lipinski definition) is 2. The van der Waals surface area contributed by atoms with Crippen molar-refractivity contribution in [1.29, 1.82) is 0 Å². The van der Waals surface area contributed by atoms with Gasteiger partial charge < -0.3 is 10.2 Å². The molecule has 4 heteroatoms. The van der Waals surface area contributed by atoms with E-state index in [9.17, 15) is 10.2 Å². The summed E-state index contributed by atoms with van der Waals surface area (Å²) in [4.78, 5) is 0. The molecule has 0 aliphatic heterocycles. The third kappa shape index (κ3) is 4.25. The minimum Gasteiger partial charge on any atom is -0.390 e. The number of hydrogen-bond acceptors (Lipinski definition) is 2. The summed E-state index contributed by atoms with van der Waals surface area (Å²) in [7, 11) is 0. The van der Waals surface area contributed by atoms with Crippen molar-refractivity contribution < 1.29 is 10.2 Å². The van der Waals surface area contributed by atoms with E-state index < -0.39 is 12.2 Å². The molecule has 0 aliphatic carbocycles. The van der Waals surface area contributed by atoms with Crippen molar-refractivity contribution in [3.05, 3.63) is 33.3 Å². The smallest absolute Gasteiger partial charge is 0.0850 e. The van der Waals surface area contributed by atoms with Crippen LogP contribution in [0.1, 0.15) is 26.3 Å². The fourth-order valence-electron chi connectivity index (χ4n) is 1.60. The Bertz CT molecular complexity index is 387. The Morgan fingerprint density at radius 1 is 1.29 bits per heavy atom. The Morgan fingerprint density at radius 3 is 2.35 bits per heavy atom. The standard InChI is InChI=1S/C13H18BrClO2/c1-13(2,3)12(17)11(16)6-8-4-5-9(14)7-10(8)15/h4-5,7,11-12,16-17H,6H2,1-3H3. The zero-order valence-electron chi connectivity index (χ0n) is 10.2. The van der Waals surface area contributed by atoms with Gasteiger partial charge in [-0.25, -0.2) is 0 Å². The van der Waals surface area contributed by atoms with E-state index in [4.69, 9.17) is 11.6 Å². The maximum absolute atomic E-state index is 9.98. The van der Waals surface area contributed by atoms with Gasteiger partial charge in [-0.2, -0.15) is 0 Å². The normalized spacial score (nSPS) is 15.7. The number of aliphatic hydroxyl groups is 2. The van der Waals surface area contributed by atoms with Gasteiger partial charge in [0.15, 0.2) is 0 Å². The minimum atomic E-state index is -0.811. The third-order valence-corrected chi connectivity index (χ3v) is 3.54. The molecule has 17 heavy (non-hydrogen) atoms. The second-order valence-electron chi connectivity index (χ2n) is 5.32. The molecule has 96 valence electrons. The topological polar surface area (TPSA) is 40.5 Å². The molecule has 0 saturated carbocycles. The maximum Gasteiger partial charge on any atom is 0.0850 e. The van der Waals surface area contributed by atoms with Crippen LogP contribution in [-0.2, 0) is 6.42 Å². The molecule has 0 heterocycles. The zero-order chi connectivity index (χ0) is 13.2. The lowest BCUT2D eigenvalue weighted by Gasteiger charge is -2.30. The molecular weight excluding hydrogens is 303 g/mol. The molecule has 0 saturated heterocycles. The van der Waals surface area contributed by atoms with Crippen LogP contribution in [0.4, 0.5) is 0 Å². The lowest BCUT2D eigenvalue weighted by Crippen LogP contribution is -2.38. The van der Waals surface area contributed by atoms with Gasteiger partial charge in [0.2, 0.25) is 0 Å². The maximum atomic E-state index is 9.98. The van der Waals surface area contributed by atoms with Gasteiger partial charge in [-0.15, -0.1) is 0 Å². The van der Waals surface area contributed by atoms with Crippen LogP contribution >= 0.6 is 27.5 Å². The van der Waals surface area contributed by atoms with Crippen LogP contribution in [0.25, 0.3) is 0 Å². The number of rotatable bonds is 3. The summed E-state index contributed by atoms with van der Waals surface area (Å²) >= 11 is 9.40. The Morgan fingerprint density at radius 2 is 1.88 bits per heavy atom. The van der Waals surface area contributed by atoms with Crippen molar-refractivity contribution in [1.82, 2.24) is 0 Å². The van der Waals surface area contributed by atoms with Crippen LogP contribution in [0.2, 0.25) is 5.02 Å². The molecule has 0 aromatic heterocycles. The van der Waals surface area contributed by atoms with Crippen LogP contribution in [-0.4, -0.2) is 22.4 Å². The fourth-order valence-corrected chi connectivity index (χ4v) is 2.35. The first-order valence-corrected chi connectivity index (χ1v) is 6.69. The summed E-state index contributed by atoms with van der Waals surface area (Å²) in [5.41, 5.74) is 0.493. The highest BCUT2D eigenvalue weighted by molar-refractivity contribution is 9.10. The van der Waals surface area contributed by atoms with E-state index in [1.54, 1.807) is 6.07 Å². The predicted molar refractivity (Wildman–Crippen MR) is 74.3 cm³/mol. The molecule has 0 fully saturated rings. The zero-order valence-corrected chi connectivity index (χ0v) is 12.6. The van der Waals surface area contributed by atoms with Crippen molar-refractivity contribution in [3.63, 3.8) is 0 Å². The summed E-state index contributed by atoms with van der Waals surface area (Å²) in [6.07, 6.45) is -1.24. The van der Waals surface area contributed by atoms with Gasteiger partial charge in [-0.1, -0.05) is 54.4 Å². The summed E-state index contributed by atoms with van der Waals surface area (Å²) in [5, 5.41) is 20.5. The summed E-state index contributed by atoms with van der Waals surface area (Å²) < 4.78 is 0.900. The van der Waals surface area contributed by atoms with Crippen LogP contribution < -0.4 is 0 Å². The highest BCUT2D eigenvalue weighted by Gasteiger charge is 2.29. The van der Waals surface area contributed by atoms with Crippen molar-refractivity contribution in [3.8, 4) is 0 Å². The quantitative estimate of drug-likeness (QED) is 0.895. The lowest BCUT2D eigenvalue weighted by atomic mass is 9.84. The van der Waals surface area contributed by atoms with E-state index in [0.717, 1.165) is 10.0 Å². The Labute approximate surface area is 116 Å². The first kappa shape index (κ1) is 15.0. The van der Waals surface area contributed by atoms with Gasteiger partial charge >= 0.3 is 0 Å². The van der Waals surface area contributed by atoms with Crippen molar-refractivity contribution in [2.24, 2.45) is 5.41 Å². The molecule has 0 radical (unpaired) electrons. The second kappa shape index (κ2) is 5.70. The molecule has 2 unspecified atom stereocenters. The Hall–Kier alpha value is -0.0900. The van der Waals surface area contributed by atoms with Gasteiger partial charge in [-0.05, 0) is 23.1 Å². The van der Waals surface area contributed by atoms with E-state index >= 15 is 0 Å². The van der Waals surface area contributed by atoms with E-state index in [1.807, 2.05) is 32.9 Å². The average Bonchev–Trinajstić information content (AvgIpc) is 2.19. The molecule has 1 rings (SSSR count). The molecule has 0 amide bonds. The van der Waals surface area contributed by atoms with Crippen LogP contribution in [0.5, 0.6) is 0 Å². The molecule has 0 bridgehead atoms. The molecule has 2 nitrogen and oxygen atoms in total. The first-order valence-electron chi connectivity index (χ1n) is 5.52. The lowest BCUT2D eigenvalue weighted by molar-refractivity contribution is -0.0433. The fraction of sp³-hybridized carbons (Fsp3) is 0.538. The average molecular weight is 322 g/mol. The van der Waals surface area contributed by atoms with Crippen LogP contribution in [0.15, 0.2) is 22.7 Å². The highest BCUT2D eigenvalue weighted by atomic mass is 79.9. The van der Waals surface area contributed by atoms with Gasteiger partial charge in [0, 0.05) is 15.9 Å². The van der Waals surface area contributed by atoms with Crippen LogP contribution in [0, 0.1) is 5.41 Å². The summed E-state index contributed by atoms with van der Waals surface area (Å²) in [6, 6.07) is 5.51. The number of benzene rings is 1. The molecular formula is C13H18BrClO2. The molecule has 1 aromatic rings. The predicted octanol–water partition coefficient (Wildman–Crippen LogP) is 3.41. The van der Waals surface area contributed by atoms with Gasteiger partial charge in [0.25, 0.3) is 0 Å². The summed E-state index contributed by atoms with van der Waals surface area (Å²) in [5.74, 6) is 0. The van der Waals surface area contributed by atoms with Crippen molar-refractivity contribution >= 4 is 27.5 Å². The molecule has 2 N–H and O–H groups in total. The highest BCUT2D eigenvalue weighted by Crippen LogP contribution is 2.27. The van der Waals surface area contributed by atoms with E-state index in [-0.39, 0.29) is 5.41 Å². The van der Waals surface area contributed by atoms with Crippen molar-refractivity contribution in [2.45, 2.75) is 39.4 Å². The van der Waals surface area contributed by atoms with E-state index in [0.29, 0.717) is 11.4 Å². The molecule has 0 spiro atoms. The van der Waals surface area contributed by atoms with E-state index in [2.05, 4.69) is 15.9 Å². The van der Waals surface area contributed by atoms with Gasteiger partial charge in [-0.3, -0.25) is 0 Å². The number of halogens is 2. The number of aliphatic hydroxyl groups excluding tert-OH is 2. The Balaban J connectivity index is 2.78. The molecule has 0 aliphatic rings. The molecule has 2 atom stereocenters. The van der Waals surface area contributed by atoms with Gasteiger partial charge in [0.05, 0.1) is 12.2 Å². The van der Waals surface area contributed by atoms with Crippen LogP contribution in [0.3, 0.4) is 0 Å². The SMILES string of the molecule is CC(C)(C)C(O)C(O)Cc1ccc(Br)cc1Cl. The van der Waals surface area contributed by atoms with E-state index in [1.165, 1.54) is 0 Å². The minimum absolute atomic E-state index is 0.346. The third-order valence-electron chi connectivity index (χ3n) is 2.70. The van der Waals surface area contributed by atoms with Gasteiger partial charge in [0.1, 0.15) is 0 Å². The summed E-state index contributed by atoms with van der Waals surface area (Å²) in [6.45, 7) is 5.68. The Kier molecular flexibility index (Phi) is 5.02. The second-order valence-corrected chi connectivity index (χ2v) is 6.64.